The largest absolute Gasteiger partial charge is 0.491 e. The standard InChI is InChI=1S/C11H8FNO.C6H6BFO2.C5H4BrNO/c12-10-4-2-1-3-9(10)11-5-8(7-14)6-13-11;8-6-4-2-1-3-5(6)7(9)10;6-5-1-4(3-8)2-7-5/h1-7,13H;1-4,9-10H;1-3,7H/i7D;;3D. The van der Waals surface area contributed by atoms with E-state index >= 15 is 0 Å². The molecule has 4 rings (SSSR count). The molecule has 0 bridgehead atoms. The maximum absolute atomic E-state index is 13.3. The fraction of sp³-hybridized carbons (Fsp3) is 0. The molecule has 0 amide bonds. The number of hydrogen-bond acceptors (Lipinski definition) is 4. The zero-order valence-corrected chi connectivity index (χ0v) is 17.9. The van der Waals surface area contributed by atoms with Crippen LogP contribution in [0.3, 0.4) is 0 Å². The summed E-state index contributed by atoms with van der Waals surface area (Å²) in [6, 6.07) is 14.8. The minimum atomic E-state index is -1.72. The third kappa shape index (κ3) is 7.42. The highest BCUT2D eigenvalue weighted by atomic mass is 79.9. The predicted molar refractivity (Wildman–Crippen MR) is 122 cm³/mol. The van der Waals surface area contributed by atoms with Crippen LogP contribution in [0.15, 0.2) is 77.7 Å². The molecule has 4 N–H and O–H groups in total. The monoisotopic (exact) mass is 504 g/mol. The summed E-state index contributed by atoms with van der Waals surface area (Å²) in [5, 5.41) is 17.0. The van der Waals surface area contributed by atoms with Crippen molar-refractivity contribution < 1.29 is 31.2 Å². The summed E-state index contributed by atoms with van der Waals surface area (Å²) in [7, 11) is -1.72. The molecule has 2 aromatic carbocycles. The highest BCUT2D eigenvalue weighted by molar-refractivity contribution is 9.10. The number of carbonyl (C=O) groups excluding carboxylic acids is 2. The molecule has 0 aliphatic rings. The first-order valence-corrected chi connectivity index (χ1v) is 9.79. The fourth-order valence-electron chi connectivity index (χ4n) is 2.40. The van der Waals surface area contributed by atoms with Gasteiger partial charge in [-0.15, -0.1) is 0 Å². The highest BCUT2D eigenvalue weighted by Crippen LogP contribution is 2.21. The van der Waals surface area contributed by atoms with Gasteiger partial charge in [0, 0.05) is 40.2 Å². The Labute approximate surface area is 194 Å². The summed E-state index contributed by atoms with van der Waals surface area (Å²) in [6.45, 7) is 0. The molecule has 0 atom stereocenters. The van der Waals surface area contributed by atoms with E-state index < -0.39 is 25.5 Å². The number of halogens is 3. The lowest BCUT2D eigenvalue weighted by Crippen LogP contribution is -2.32. The topological polar surface area (TPSA) is 106 Å². The Bertz CT molecular complexity index is 1270. The van der Waals surface area contributed by atoms with Gasteiger partial charge in [0.25, 0.3) is 0 Å². The van der Waals surface area contributed by atoms with Gasteiger partial charge in [-0.1, -0.05) is 30.3 Å². The van der Waals surface area contributed by atoms with Gasteiger partial charge in [0.15, 0.2) is 12.5 Å². The van der Waals surface area contributed by atoms with E-state index in [0.29, 0.717) is 16.8 Å². The van der Waals surface area contributed by atoms with Gasteiger partial charge in [0.05, 0.1) is 4.60 Å². The number of H-pyrrole nitrogens is 2. The quantitative estimate of drug-likeness (QED) is 0.251. The molecule has 0 saturated heterocycles. The van der Waals surface area contributed by atoms with E-state index in [-0.39, 0.29) is 16.8 Å². The molecule has 0 aliphatic carbocycles. The normalized spacial score (nSPS) is 10.5. The zero-order chi connectivity index (χ0) is 25.3. The minimum Gasteiger partial charge on any atom is -0.423 e. The summed E-state index contributed by atoms with van der Waals surface area (Å²) in [5.41, 5.74) is 1.41. The Hall–Kier alpha value is -3.34. The number of aromatic nitrogens is 2. The second kappa shape index (κ2) is 12.5. The van der Waals surface area contributed by atoms with Crippen molar-refractivity contribution in [3.8, 4) is 11.3 Å². The third-order valence-electron chi connectivity index (χ3n) is 3.91. The molecule has 0 fully saturated rings. The Morgan fingerprint density at radius 2 is 1.44 bits per heavy atom. The Kier molecular flexibility index (Phi) is 8.55. The maximum Gasteiger partial charge on any atom is 0.491 e. The molecule has 0 radical (unpaired) electrons. The molecule has 0 saturated carbocycles. The average molecular weight is 505 g/mol. The highest BCUT2D eigenvalue weighted by Gasteiger charge is 2.14. The number of nitrogens with one attached hydrogen (secondary N) is 2. The van der Waals surface area contributed by atoms with E-state index in [1.54, 1.807) is 24.3 Å². The van der Waals surface area contributed by atoms with Crippen LogP contribution >= 0.6 is 15.9 Å². The molecule has 6 nitrogen and oxygen atoms in total. The molecular formula is C22H18BBrF2N2O4. The first kappa shape index (κ1) is 21.9. The van der Waals surface area contributed by atoms with Crippen molar-refractivity contribution in [3.05, 3.63) is 100 Å². The van der Waals surface area contributed by atoms with Gasteiger partial charge in [0.2, 0.25) is 0 Å². The number of benzene rings is 2. The first-order chi connectivity index (χ1) is 16.1. The Morgan fingerprint density at radius 3 is 1.88 bits per heavy atom. The molecule has 4 aromatic rings. The van der Waals surface area contributed by atoms with Crippen molar-refractivity contribution in [2.24, 2.45) is 0 Å². The lowest BCUT2D eigenvalue weighted by molar-refractivity contribution is 0.111. The summed E-state index contributed by atoms with van der Waals surface area (Å²) in [4.78, 5) is 26.5. The van der Waals surface area contributed by atoms with Gasteiger partial charge in [-0.2, -0.15) is 0 Å². The van der Waals surface area contributed by atoms with Crippen LogP contribution in [0.4, 0.5) is 8.78 Å². The van der Waals surface area contributed by atoms with Crippen molar-refractivity contribution >= 4 is 41.0 Å². The van der Waals surface area contributed by atoms with Crippen LogP contribution in [0, 0.1) is 11.6 Å². The number of aromatic amines is 2. The van der Waals surface area contributed by atoms with Gasteiger partial charge in [-0.3, -0.25) is 9.59 Å². The van der Waals surface area contributed by atoms with Crippen molar-refractivity contribution in [2.45, 2.75) is 0 Å². The molecule has 32 heavy (non-hydrogen) atoms. The molecule has 2 aromatic heterocycles. The number of carbonyl (C=O) groups is 2. The van der Waals surface area contributed by atoms with Crippen molar-refractivity contribution in [2.75, 3.05) is 0 Å². The average Bonchev–Trinajstić information content (AvgIpc) is 3.45. The van der Waals surface area contributed by atoms with E-state index in [1.807, 2.05) is 0 Å². The van der Waals surface area contributed by atoms with Gasteiger partial charge in [-0.25, -0.2) is 8.78 Å². The lowest BCUT2D eigenvalue weighted by atomic mass is 9.80. The van der Waals surface area contributed by atoms with Crippen LogP contribution in [0.2, 0.25) is 0 Å². The van der Waals surface area contributed by atoms with Crippen LogP contribution in [0.25, 0.3) is 11.3 Å². The zero-order valence-electron chi connectivity index (χ0n) is 18.4. The van der Waals surface area contributed by atoms with Gasteiger partial charge >= 0.3 is 7.12 Å². The third-order valence-corrected chi connectivity index (χ3v) is 4.37. The van der Waals surface area contributed by atoms with Crippen LogP contribution in [-0.4, -0.2) is 39.7 Å². The van der Waals surface area contributed by atoms with E-state index in [2.05, 4.69) is 25.9 Å². The van der Waals surface area contributed by atoms with Crippen LogP contribution in [-0.2, 0) is 0 Å². The molecule has 10 heteroatoms. The Balaban J connectivity index is 0.000000189. The van der Waals surface area contributed by atoms with Gasteiger partial charge < -0.3 is 20.0 Å². The van der Waals surface area contributed by atoms with E-state index in [0.717, 1.165) is 4.60 Å². The summed E-state index contributed by atoms with van der Waals surface area (Å²) < 4.78 is 40.1. The number of aldehydes is 2. The van der Waals surface area contributed by atoms with Crippen molar-refractivity contribution in [1.82, 2.24) is 9.97 Å². The van der Waals surface area contributed by atoms with Crippen LogP contribution < -0.4 is 5.46 Å². The van der Waals surface area contributed by atoms with Crippen molar-refractivity contribution in [3.63, 3.8) is 0 Å². The SMILES string of the molecule is OB(O)c1ccccc1F.[2H]C(=O)c1c[nH]c(-c2ccccc2F)c1.[2H]C(=O)c1c[nH]c(Br)c1. The number of hydrogen-bond donors (Lipinski definition) is 4. The molecule has 0 aliphatic heterocycles. The summed E-state index contributed by atoms with van der Waals surface area (Å²) >= 11 is 3.11. The maximum atomic E-state index is 13.3. The van der Waals surface area contributed by atoms with E-state index in [4.69, 9.17) is 12.8 Å². The van der Waals surface area contributed by atoms with E-state index in [1.165, 1.54) is 48.8 Å². The smallest absolute Gasteiger partial charge is 0.423 e. The van der Waals surface area contributed by atoms with Crippen LogP contribution in [0.1, 0.15) is 23.5 Å². The summed E-state index contributed by atoms with van der Waals surface area (Å²) in [5.74, 6) is -0.958. The molecular weight excluding hydrogens is 485 g/mol. The molecule has 164 valence electrons. The van der Waals surface area contributed by atoms with E-state index in [9.17, 15) is 18.4 Å². The Morgan fingerprint density at radius 1 is 0.875 bits per heavy atom. The van der Waals surface area contributed by atoms with Crippen molar-refractivity contribution in [1.29, 1.82) is 0 Å². The van der Waals surface area contributed by atoms with Gasteiger partial charge in [-0.05, 0) is 46.3 Å². The molecule has 0 unspecified atom stereocenters. The molecule has 2 heterocycles. The minimum absolute atomic E-state index is 0.0949. The van der Waals surface area contributed by atoms with Crippen LogP contribution in [0.5, 0.6) is 0 Å². The lowest BCUT2D eigenvalue weighted by Gasteiger charge is -1.98. The predicted octanol–water partition coefficient (Wildman–Crippen LogP) is 3.73. The second-order valence-electron chi connectivity index (χ2n) is 6.12. The summed E-state index contributed by atoms with van der Waals surface area (Å²) in [6.07, 6.45) is 1.43. The molecule has 0 spiro atoms. The van der Waals surface area contributed by atoms with Gasteiger partial charge in [0.1, 0.15) is 14.4 Å². The number of rotatable bonds is 4. The second-order valence-corrected chi connectivity index (χ2v) is 6.97. The first-order valence-electron chi connectivity index (χ1n) is 9.99. The fourth-order valence-corrected chi connectivity index (χ4v) is 2.76.